The summed E-state index contributed by atoms with van der Waals surface area (Å²) < 4.78 is 6.84. The first-order valence-corrected chi connectivity index (χ1v) is 7.74. The average Bonchev–Trinajstić information content (AvgIpc) is 2.41. The van der Waals surface area contributed by atoms with E-state index >= 15 is 0 Å². The van der Waals surface area contributed by atoms with Crippen molar-refractivity contribution in [1.29, 1.82) is 0 Å². The van der Waals surface area contributed by atoms with Crippen molar-refractivity contribution in [3.63, 3.8) is 0 Å². The summed E-state index contributed by atoms with van der Waals surface area (Å²) >= 11 is 3.39. The van der Waals surface area contributed by atoms with Crippen LogP contribution in [-0.4, -0.2) is 4.98 Å². The Morgan fingerprint density at radius 2 is 1.95 bits per heavy atom. The van der Waals surface area contributed by atoms with E-state index in [9.17, 15) is 0 Å². The molecule has 0 radical (unpaired) electrons. The van der Waals surface area contributed by atoms with Gasteiger partial charge < -0.3 is 10.5 Å². The second kappa shape index (κ2) is 6.16. The Morgan fingerprint density at radius 3 is 2.52 bits per heavy atom. The Labute approximate surface area is 134 Å². The first-order chi connectivity index (χ1) is 9.81. The number of halogens is 1. The molecule has 0 atom stereocenters. The van der Waals surface area contributed by atoms with Crippen LogP contribution in [0.25, 0.3) is 0 Å². The van der Waals surface area contributed by atoms with E-state index in [0.717, 1.165) is 21.3 Å². The lowest BCUT2D eigenvalue weighted by atomic mass is 9.86. The zero-order chi connectivity index (χ0) is 15.6. The van der Waals surface area contributed by atoms with Crippen LogP contribution >= 0.6 is 15.9 Å². The smallest absolute Gasteiger partial charge is 0.223 e. The van der Waals surface area contributed by atoms with Gasteiger partial charge in [-0.1, -0.05) is 32.9 Å². The van der Waals surface area contributed by atoms with Gasteiger partial charge in [0.25, 0.3) is 0 Å². The minimum absolute atomic E-state index is 0.127. The second-order valence-electron chi connectivity index (χ2n) is 6.15. The quantitative estimate of drug-likeness (QED) is 0.874. The maximum Gasteiger partial charge on any atom is 0.223 e. The first kappa shape index (κ1) is 16.0. The molecule has 0 amide bonds. The molecular formula is C17H21BrN2O. The van der Waals surface area contributed by atoms with Gasteiger partial charge in [-0.2, -0.15) is 0 Å². The van der Waals surface area contributed by atoms with Gasteiger partial charge in [-0.3, -0.25) is 0 Å². The van der Waals surface area contributed by atoms with Gasteiger partial charge in [-0.25, -0.2) is 4.98 Å². The third-order valence-electron chi connectivity index (χ3n) is 3.36. The number of benzene rings is 1. The number of hydrogen-bond donors (Lipinski definition) is 1. The van der Waals surface area contributed by atoms with Crippen molar-refractivity contribution in [2.75, 3.05) is 0 Å². The molecule has 0 aliphatic heterocycles. The molecule has 2 rings (SSSR count). The Kier molecular flexibility index (Phi) is 4.69. The van der Waals surface area contributed by atoms with Gasteiger partial charge in [-0.15, -0.1) is 0 Å². The summed E-state index contributed by atoms with van der Waals surface area (Å²) in [6, 6.07) is 8.20. The SMILES string of the molecule is Cc1cc(C(C)(C)C)ccc1Oc1ncc(Br)cc1CN. The molecule has 0 aliphatic carbocycles. The fourth-order valence-corrected chi connectivity index (χ4v) is 2.42. The highest BCUT2D eigenvalue weighted by atomic mass is 79.9. The van der Waals surface area contributed by atoms with E-state index in [-0.39, 0.29) is 5.41 Å². The molecule has 21 heavy (non-hydrogen) atoms. The predicted molar refractivity (Wildman–Crippen MR) is 89.8 cm³/mol. The summed E-state index contributed by atoms with van der Waals surface area (Å²) in [6.45, 7) is 9.04. The largest absolute Gasteiger partial charge is 0.438 e. The fourth-order valence-electron chi connectivity index (χ4n) is 2.04. The van der Waals surface area contributed by atoms with Crippen molar-refractivity contribution in [3.05, 3.63) is 51.6 Å². The number of nitrogens with two attached hydrogens (primary N) is 1. The summed E-state index contributed by atoms with van der Waals surface area (Å²) in [4.78, 5) is 4.31. The van der Waals surface area contributed by atoms with Crippen LogP contribution in [-0.2, 0) is 12.0 Å². The lowest BCUT2D eigenvalue weighted by Gasteiger charge is -2.20. The van der Waals surface area contributed by atoms with E-state index in [2.05, 4.69) is 53.8 Å². The van der Waals surface area contributed by atoms with E-state index in [1.807, 2.05) is 19.1 Å². The van der Waals surface area contributed by atoms with Crippen molar-refractivity contribution >= 4 is 15.9 Å². The van der Waals surface area contributed by atoms with Gasteiger partial charge in [0, 0.05) is 22.8 Å². The van der Waals surface area contributed by atoms with Crippen LogP contribution in [0, 0.1) is 6.92 Å². The van der Waals surface area contributed by atoms with Crippen LogP contribution in [0.3, 0.4) is 0 Å². The van der Waals surface area contributed by atoms with E-state index in [1.54, 1.807) is 6.20 Å². The topological polar surface area (TPSA) is 48.1 Å². The molecule has 1 aromatic heterocycles. The molecule has 112 valence electrons. The lowest BCUT2D eigenvalue weighted by Crippen LogP contribution is -2.11. The number of pyridine rings is 1. The summed E-state index contributed by atoms with van der Waals surface area (Å²) in [5, 5.41) is 0. The molecule has 2 aromatic rings. The van der Waals surface area contributed by atoms with Crippen LogP contribution in [0.4, 0.5) is 0 Å². The molecule has 1 aromatic carbocycles. The number of nitrogens with zero attached hydrogens (tertiary/aromatic N) is 1. The Balaban J connectivity index is 2.32. The highest BCUT2D eigenvalue weighted by Crippen LogP contribution is 2.31. The molecule has 3 nitrogen and oxygen atoms in total. The summed E-state index contributed by atoms with van der Waals surface area (Å²) in [5.74, 6) is 1.37. The van der Waals surface area contributed by atoms with Gasteiger partial charge in [0.05, 0.1) is 0 Å². The summed E-state index contributed by atoms with van der Waals surface area (Å²) in [7, 11) is 0. The standard InChI is InChI=1S/C17H21BrN2O/c1-11-7-13(17(2,3)4)5-6-15(11)21-16-12(9-19)8-14(18)10-20-16/h5-8,10H,9,19H2,1-4H3. The predicted octanol–water partition coefficient (Wildman–Crippen LogP) is 4.70. The zero-order valence-electron chi connectivity index (χ0n) is 12.9. The van der Waals surface area contributed by atoms with Crippen LogP contribution in [0.1, 0.15) is 37.5 Å². The molecule has 0 saturated carbocycles. The van der Waals surface area contributed by atoms with Gasteiger partial charge in [0.1, 0.15) is 5.75 Å². The summed E-state index contributed by atoms with van der Waals surface area (Å²) in [5.41, 5.74) is 9.14. The number of ether oxygens (including phenoxy) is 1. The number of rotatable bonds is 3. The van der Waals surface area contributed by atoms with Gasteiger partial charge in [-0.05, 0) is 51.5 Å². The molecule has 0 bridgehead atoms. The maximum atomic E-state index is 5.94. The average molecular weight is 349 g/mol. The van der Waals surface area contributed by atoms with Crippen molar-refractivity contribution in [2.45, 2.75) is 39.7 Å². The molecule has 2 N–H and O–H groups in total. The zero-order valence-corrected chi connectivity index (χ0v) is 14.5. The van der Waals surface area contributed by atoms with Crippen molar-refractivity contribution in [2.24, 2.45) is 5.73 Å². The second-order valence-corrected chi connectivity index (χ2v) is 7.07. The van der Waals surface area contributed by atoms with Gasteiger partial charge in [0.2, 0.25) is 5.88 Å². The molecular weight excluding hydrogens is 328 g/mol. The third kappa shape index (κ3) is 3.83. The molecule has 1 heterocycles. The minimum atomic E-state index is 0.127. The molecule has 0 fully saturated rings. The molecule has 0 spiro atoms. The number of hydrogen-bond acceptors (Lipinski definition) is 3. The van der Waals surface area contributed by atoms with Crippen LogP contribution in [0.5, 0.6) is 11.6 Å². The van der Waals surface area contributed by atoms with E-state index in [1.165, 1.54) is 5.56 Å². The van der Waals surface area contributed by atoms with E-state index in [0.29, 0.717) is 12.4 Å². The van der Waals surface area contributed by atoms with Crippen molar-refractivity contribution in [3.8, 4) is 11.6 Å². The number of aryl methyl sites for hydroxylation is 1. The van der Waals surface area contributed by atoms with E-state index in [4.69, 9.17) is 10.5 Å². The van der Waals surface area contributed by atoms with Gasteiger partial charge >= 0.3 is 0 Å². The lowest BCUT2D eigenvalue weighted by molar-refractivity contribution is 0.452. The van der Waals surface area contributed by atoms with E-state index < -0.39 is 0 Å². The molecule has 0 saturated heterocycles. The Bertz CT molecular complexity index is 648. The molecule has 0 unspecified atom stereocenters. The minimum Gasteiger partial charge on any atom is -0.438 e. The van der Waals surface area contributed by atoms with Gasteiger partial charge in [0.15, 0.2) is 0 Å². The monoisotopic (exact) mass is 348 g/mol. The normalized spacial score (nSPS) is 11.5. The van der Waals surface area contributed by atoms with Crippen molar-refractivity contribution < 1.29 is 4.74 Å². The number of aromatic nitrogens is 1. The van der Waals surface area contributed by atoms with Crippen molar-refractivity contribution in [1.82, 2.24) is 4.98 Å². The van der Waals surface area contributed by atoms with Crippen LogP contribution in [0.2, 0.25) is 0 Å². The highest BCUT2D eigenvalue weighted by Gasteiger charge is 2.15. The highest BCUT2D eigenvalue weighted by molar-refractivity contribution is 9.10. The molecule has 4 heteroatoms. The van der Waals surface area contributed by atoms with Crippen LogP contribution < -0.4 is 10.5 Å². The Hall–Kier alpha value is -1.39. The maximum absolute atomic E-state index is 5.94. The van der Waals surface area contributed by atoms with Crippen LogP contribution in [0.15, 0.2) is 34.9 Å². The third-order valence-corrected chi connectivity index (χ3v) is 3.79. The fraction of sp³-hybridized carbons (Fsp3) is 0.353. The Morgan fingerprint density at radius 1 is 1.24 bits per heavy atom. The first-order valence-electron chi connectivity index (χ1n) is 6.94. The molecule has 0 aliphatic rings. The summed E-state index contributed by atoms with van der Waals surface area (Å²) in [6.07, 6.45) is 1.72.